The molecule has 3 heterocycles. The number of nitrogens with one attached hydrogen (secondary N) is 1. The Labute approximate surface area is 209 Å². The molecule has 6 rings (SSSR count). The molecule has 0 saturated carbocycles. The molecular formula is C29H30N4O3. The maximum Gasteiger partial charge on any atom is 0.192 e. The third-order valence-electron chi connectivity index (χ3n) is 7.12. The Hall–Kier alpha value is -3.52. The fourth-order valence-electron chi connectivity index (χ4n) is 5.37. The number of morpholine rings is 1. The molecule has 1 saturated heterocycles. The Morgan fingerprint density at radius 1 is 1.06 bits per heavy atom. The van der Waals surface area contributed by atoms with Crippen LogP contribution in [0, 0.1) is 0 Å². The lowest BCUT2D eigenvalue weighted by molar-refractivity contribution is 0.0269. The van der Waals surface area contributed by atoms with Gasteiger partial charge in [0.25, 0.3) is 0 Å². The van der Waals surface area contributed by atoms with Crippen LogP contribution in [-0.2, 0) is 22.6 Å². The van der Waals surface area contributed by atoms with Crippen LogP contribution in [0.2, 0.25) is 0 Å². The van der Waals surface area contributed by atoms with Crippen molar-refractivity contribution in [2.75, 3.05) is 33.4 Å². The molecule has 0 aliphatic carbocycles. The average Bonchev–Trinajstić information content (AvgIpc) is 3.46. The fraction of sp³-hybridized carbons (Fsp3) is 0.310. The van der Waals surface area contributed by atoms with E-state index in [0.717, 1.165) is 35.5 Å². The van der Waals surface area contributed by atoms with Crippen molar-refractivity contribution in [3.05, 3.63) is 66.2 Å². The molecule has 0 radical (unpaired) electrons. The number of ketones is 1. The second-order valence-electron chi connectivity index (χ2n) is 9.20. The van der Waals surface area contributed by atoms with Crippen molar-refractivity contribution >= 4 is 38.6 Å². The quantitative estimate of drug-likeness (QED) is 0.342. The van der Waals surface area contributed by atoms with E-state index in [1.807, 2.05) is 18.2 Å². The smallest absolute Gasteiger partial charge is 0.192 e. The van der Waals surface area contributed by atoms with Gasteiger partial charge >= 0.3 is 0 Å². The molecule has 0 spiro atoms. The van der Waals surface area contributed by atoms with E-state index >= 15 is 0 Å². The number of imidazole rings is 1. The van der Waals surface area contributed by atoms with Gasteiger partial charge in [0.05, 0.1) is 24.2 Å². The number of rotatable bonds is 7. The van der Waals surface area contributed by atoms with Gasteiger partial charge in [-0.2, -0.15) is 0 Å². The summed E-state index contributed by atoms with van der Waals surface area (Å²) in [5, 5.41) is 5.69. The minimum absolute atomic E-state index is 0.00844. The number of aryl methyl sites for hydroxylation is 1. The number of Topliss-reactive ketones (excluding diaryl/α,β-unsaturated/α-hetero) is 1. The largest absolute Gasteiger partial charge is 0.383 e. The lowest BCUT2D eigenvalue weighted by Gasteiger charge is -2.22. The van der Waals surface area contributed by atoms with Crippen LogP contribution in [0.3, 0.4) is 0 Å². The normalized spacial score (nSPS) is 16.3. The Morgan fingerprint density at radius 2 is 1.89 bits per heavy atom. The molecule has 2 aromatic heterocycles. The summed E-state index contributed by atoms with van der Waals surface area (Å²) in [6, 6.07) is 20.9. The summed E-state index contributed by atoms with van der Waals surface area (Å²) in [7, 11) is 1.71. The SMILES string of the molecule is CCn1c2ccccc2c2cc(-c3nc4cc(C(=O)C5CNCCO5)ccc4n3CCOC)ccc21. The van der Waals surface area contributed by atoms with Crippen molar-refractivity contribution in [3.63, 3.8) is 0 Å². The molecule has 1 fully saturated rings. The summed E-state index contributed by atoms with van der Waals surface area (Å²) in [6.07, 6.45) is -0.454. The molecular weight excluding hydrogens is 452 g/mol. The van der Waals surface area contributed by atoms with Crippen molar-refractivity contribution in [1.82, 2.24) is 19.4 Å². The van der Waals surface area contributed by atoms with Crippen molar-refractivity contribution in [1.29, 1.82) is 0 Å². The average molecular weight is 483 g/mol. The van der Waals surface area contributed by atoms with Gasteiger partial charge in [0.1, 0.15) is 11.9 Å². The molecule has 5 aromatic rings. The number of methoxy groups -OCH3 is 1. The maximum absolute atomic E-state index is 13.1. The van der Waals surface area contributed by atoms with E-state index in [-0.39, 0.29) is 5.78 Å². The van der Waals surface area contributed by atoms with Crippen LogP contribution in [0.15, 0.2) is 60.7 Å². The van der Waals surface area contributed by atoms with Gasteiger partial charge in [0, 0.05) is 66.2 Å². The summed E-state index contributed by atoms with van der Waals surface area (Å²) in [5.74, 6) is 0.864. The lowest BCUT2D eigenvalue weighted by Crippen LogP contribution is -2.43. The molecule has 7 nitrogen and oxygen atoms in total. The van der Waals surface area contributed by atoms with Gasteiger partial charge in [-0.25, -0.2) is 4.98 Å². The van der Waals surface area contributed by atoms with Crippen molar-refractivity contribution in [2.24, 2.45) is 0 Å². The molecule has 36 heavy (non-hydrogen) atoms. The summed E-state index contributed by atoms with van der Waals surface area (Å²) in [6.45, 7) is 6.18. The molecule has 3 aromatic carbocycles. The van der Waals surface area contributed by atoms with Crippen molar-refractivity contribution < 1.29 is 14.3 Å². The Morgan fingerprint density at radius 3 is 2.69 bits per heavy atom. The van der Waals surface area contributed by atoms with Crippen LogP contribution < -0.4 is 5.32 Å². The lowest BCUT2D eigenvalue weighted by atomic mass is 10.0. The number of aromatic nitrogens is 3. The first-order valence-corrected chi connectivity index (χ1v) is 12.6. The molecule has 1 N–H and O–H groups in total. The first kappa shape index (κ1) is 22.9. The summed E-state index contributed by atoms with van der Waals surface area (Å²) in [5.41, 5.74) is 5.91. The molecule has 0 bridgehead atoms. The first-order valence-electron chi connectivity index (χ1n) is 12.6. The number of nitrogens with zero attached hydrogens (tertiary/aromatic N) is 3. The second-order valence-corrected chi connectivity index (χ2v) is 9.20. The van der Waals surface area contributed by atoms with Crippen LogP contribution in [0.25, 0.3) is 44.2 Å². The van der Waals surface area contributed by atoms with Gasteiger partial charge in [-0.1, -0.05) is 18.2 Å². The summed E-state index contributed by atoms with van der Waals surface area (Å²) in [4.78, 5) is 18.1. The zero-order valence-electron chi connectivity index (χ0n) is 20.7. The standard InChI is InChI=1S/C29H30N4O3/c1-3-32-24-7-5-4-6-21(24)22-16-20(9-10-25(22)32)29-31-23-17-19(28(34)27-18-30-12-14-36-27)8-11-26(23)33(29)13-15-35-2/h4-11,16-17,27,30H,3,12-15,18H2,1-2H3. The van der Waals surface area contributed by atoms with Crippen LogP contribution in [-0.4, -0.2) is 59.4 Å². The van der Waals surface area contributed by atoms with E-state index in [4.69, 9.17) is 14.5 Å². The minimum Gasteiger partial charge on any atom is -0.383 e. The number of carbonyl (C=O) groups is 1. The van der Waals surface area contributed by atoms with Crippen LogP contribution in [0.1, 0.15) is 17.3 Å². The Bertz CT molecular complexity index is 1580. The highest BCUT2D eigenvalue weighted by Crippen LogP contribution is 2.34. The molecule has 1 atom stereocenters. The van der Waals surface area contributed by atoms with Gasteiger partial charge in [0.15, 0.2) is 5.78 Å². The molecule has 1 unspecified atom stereocenters. The van der Waals surface area contributed by atoms with Gasteiger partial charge in [-0.05, 0) is 49.4 Å². The van der Waals surface area contributed by atoms with E-state index in [2.05, 4.69) is 63.8 Å². The zero-order valence-corrected chi connectivity index (χ0v) is 20.7. The summed E-state index contributed by atoms with van der Waals surface area (Å²) < 4.78 is 15.6. The maximum atomic E-state index is 13.1. The van der Waals surface area contributed by atoms with Crippen molar-refractivity contribution in [2.45, 2.75) is 26.1 Å². The Balaban J connectivity index is 1.48. The van der Waals surface area contributed by atoms with Crippen molar-refractivity contribution in [3.8, 4) is 11.4 Å². The highest BCUT2D eigenvalue weighted by atomic mass is 16.5. The number of hydrogen-bond donors (Lipinski definition) is 1. The van der Waals surface area contributed by atoms with Gasteiger partial charge in [-0.15, -0.1) is 0 Å². The molecule has 7 heteroatoms. The summed E-state index contributed by atoms with van der Waals surface area (Å²) >= 11 is 0. The monoisotopic (exact) mass is 482 g/mol. The third-order valence-corrected chi connectivity index (χ3v) is 7.12. The van der Waals surface area contributed by atoms with Gasteiger partial charge in [0.2, 0.25) is 0 Å². The van der Waals surface area contributed by atoms with E-state index in [9.17, 15) is 4.79 Å². The number of ether oxygens (including phenoxy) is 2. The molecule has 0 amide bonds. The Kier molecular flexibility index (Phi) is 6.05. The number of fused-ring (bicyclic) bond motifs is 4. The first-order chi connectivity index (χ1) is 17.7. The van der Waals surface area contributed by atoms with Crippen LogP contribution in [0.5, 0.6) is 0 Å². The highest BCUT2D eigenvalue weighted by Gasteiger charge is 2.24. The molecule has 184 valence electrons. The van der Waals surface area contributed by atoms with Gasteiger partial charge in [-0.3, -0.25) is 4.79 Å². The number of para-hydroxylation sites is 1. The number of hydrogen-bond acceptors (Lipinski definition) is 5. The van der Waals surface area contributed by atoms with E-state index in [0.29, 0.717) is 31.9 Å². The second kappa shape index (κ2) is 9.50. The fourth-order valence-corrected chi connectivity index (χ4v) is 5.37. The number of carbonyl (C=O) groups excluding carboxylic acids is 1. The van der Waals surface area contributed by atoms with Crippen LogP contribution >= 0.6 is 0 Å². The van der Waals surface area contributed by atoms with Gasteiger partial charge < -0.3 is 23.9 Å². The molecule has 1 aliphatic heterocycles. The van der Waals surface area contributed by atoms with Crippen LogP contribution in [0.4, 0.5) is 0 Å². The third kappa shape index (κ3) is 3.80. The van der Waals surface area contributed by atoms with E-state index < -0.39 is 6.10 Å². The highest BCUT2D eigenvalue weighted by molar-refractivity contribution is 6.09. The zero-order chi connectivity index (χ0) is 24.6. The minimum atomic E-state index is -0.454. The predicted molar refractivity (Wildman–Crippen MR) is 143 cm³/mol. The predicted octanol–water partition coefficient (Wildman–Crippen LogP) is 4.65. The van der Waals surface area contributed by atoms with E-state index in [1.165, 1.54) is 21.8 Å². The molecule has 1 aliphatic rings. The van der Waals surface area contributed by atoms with E-state index in [1.54, 1.807) is 7.11 Å². The number of benzene rings is 3. The topological polar surface area (TPSA) is 70.3 Å².